The molecule has 0 radical (unpaired) electrons. The van der Waals surface area contributed by atoms with Crippen LogP contribution in [0.3, 0.4) is 0 Å². The maximum absolute atomic E-state index is 2.47. The van der Waals surface area contributed by atoms with Gasteiger partial charge in [-0.05, 0) is 100 Å². The van der Waals surface area contributed by atoms with E-state index in [2.05, 4.69) is 203 Å². The zero-order valence-electron chi connectivity index (χ0n) is 29.8. The normalized spacial score (nSPS) is 12.0. The second-order valence-corrected chi connectivity index (χ2v) is 15.6. The third-order valence-electron chi connectivity index (χ3n) is 11.5. The van der Waals surface area contributed by atoms with Gasteiger partial charge >= 0.3 is 0 Å². The van der Waals surface area contributed by atoms with Crippen LogP contribution < -0.4 is 0 Å². The number of benzene rings is 9. The smallest absolute Gasteiger partial charge is 0.0547 e. The Labute approximate surface area is 321 Å². The standard InChI is InChI=1S/C52H32N2S/c1-2-12-33(13-3-1)39-16-6-9-19-46(39)54-47-20-10-7-17-40(47)42-29-36(23-26-49(42)54)37-22-25-48-43(30-37)44-28-34-14-4-5-15-35(34)31-50(44)53(48)38-24-27-52-45(32-38)41-18-8-11-21-51(41)55-52/h1-32H. The van der Waals surface area contributed by atoms with E-state index in [1.807, 2.05) is 11.3 Å². The Morgan fingerprint density at radius 1 is 0.309 bits per heavy atom. The Morgan fingerprint density at radius 3 is 1.75 bits per heavy atom. The van der Waals surface area contributed by atoms with Crippen LogP contribution in [-0.2, 0) is 0 Å². The quantitative estimate of drug-likeness (QED) is 0.172. The second-order valence-electron chi connectivity index (χ2n) is 14.5. The Morgan fingerprint density at radius 2 is 0.909 bits per heavy atom. The lowest BCUT2D eigenvalue weighted by Gasteiger charge is -2.14. The molecule has 3 heteroatoms. The van der Waals surface area contributed by atoms with Crippen molar-refractivity contribution in [1.82, 2.24) is 9.13 Å². The van der Waals surface area contributed by atoms with Crippen molar-refractivity contribution in [1.29, 1.82) is 0 Å². The highest BCUT2D eigenvalue weighted by atomic mass is 32.1. The molecule has 0 fully saturated rings. The van der Waals surface area contributed by atoms with E-state index in [0.29, 0.717) is 0 Å². The van der Waals surface area contributed by atoms with Gasteiger partial charge in [0.25, 0.3) is 0 Å². The van der Waals surface area contributed by atoms with E-state index < -0.39 is 0 Å². The van der Waals surface area contributed by atoms with Gasteiger partial charge in [0.1, 0.15) is 0 Å². The van der Waals surface area contributed by atoms with Crippen LogP contribution in [0.2, 0.25) is 0 Å². The minimum absolute atomic E-state index is 1.18. The molecule has 0 spiro atoms. The van der Waals surface area contributed by atoms with Crippen LogP contribution in [0.4, 0.5) is 0 Å². The van der Waals surface area contributed by atoms with E-state index in [4.69, 9.17) is 0 Å². The number of thiophene rings is 1. The van der Waals surface area contributed by atoms with E-state index in [0.717, 1.165) is 0 Å². The third kappa shape index (κ3) is 4.60. The SMILES string of the molecule is c1ccc(-c2ccccc2-n2c3ccccc3c3cc(-c4ccc5c(c4)c4cc6ccccc6cc4n5-c4ccc5sc6ccccc6c5c4)ccc32)cc1. The molecule has 9 aromatic carbocycles. The number of rotatable bonds is 4. The van der Waals surface area contributed by atoms with Gasteiger partial charge in [0.2, 0.25) is 0 Å². The third-order valence-corrected chi connectivity index (χ3v) is 12.6. The van der Waals surface area contributed by atoms with Gasteiger partial charge in [-0.2, -0.15) is 0 Å². The van der Waals surface area contributed by atoms with Gasteiger partial charge in [-0.3, -0.25) is 0 Å². The fraction of sp³-hybridized carbons (Fsp3) is 0. The Bertz CT molecular complexity index is 3490. The summed E-state index contributed by atoms with van der Waals surface area (Å²) >= 11 is 1.87. The lowest BCUT2D eigenvalue weighted by atomic mass is 10.00. The molecule has 12 aromatic rings. The van der Waals surface area contributed by atoms with Crippen LogP contribution >= 0.6 is 11.3 Å². The van der Waals surface area contributed by atoms with Crippen LogP contribution in [0.1, 0.15) is 0 Å². The molecule has 12 rings (SSSR count). The van der Waals surface area contributed by atoms with Crippen molar-refractivity contribution in [3.8, 4) is 33.6 Å². The summed E-state index contributed by atoms with van der Waals surface area (Å²) in [4.78, 5) is 0. The van der Waals surface area contributed by atoms with Gasteiger partial charge in [-0.1, -0.05) is 121 Å². The van der Waals surface area contributed by atoms with Crippen molar-refractivity contribution < 1.29 is 0 Å². The largest absolute Gasteiger partial charge is 0.309 e. The summed E-state index contributed by atoms with van der Waals surface area (Å²) in [5.41, 5.74) is 12.1. The van der Waals surface area contributed by atoms with Crippen molar-refractivity contribution in [3.63, 3.8) is 0 Å². The molecule has 0 aliphatic carbocycles. The van der Waals surface area contributed by atoms with Crippen LogP contribution in [0.25, 0.3) is 108 Å². The van der Waals surface area contributed by atoms with Gasteiger partial charge in [0.15, 0.2) is 0 Å². The Hall–Kier alpha value is -6.94. The van der Waals surface area contributed by atoms with Gasteiger partial charge in [0.05, 0.1) is 27.8 Å². The molecule has 0 amide bonds. The molecular formula is C52H32N2S. The summed E-state index contributed by atoms with van der Waals surface area (Å²) in [6.45, 7) is 0. The molecule has 0 bridgehead atoms. The van der Waals surface area contributed by atoms with Crippen molar-refractivity contribution in [2.75, 3.05) is 0 Å². The maximum atomic E-state index is 2.47. The van der Waals surface area contributed by atoms with Crippen LogP contribution in [0.5, 0.6) is 0 Å². The molecule has 55 heavy (non-hydrogen) atoms. The first-order chi connectivity index (χ1) is 27.3. The first-order valence-corrected chi connectivity index (χ1v) is 19.7. The van der Waals surface area contributed by atoms with Gasteiger partial charge in [-0.15, -0.1) is 11.3 Å². The summed E-state index contributed by atoms with van der Waals surface area (Å²) in [5.74, 6) is 0. The zero-order valence-corrected chi connectivity index (χ0v) is 30.6. The first-order valence-electron chi connectivity index (χ1n) is 18.8. The average Bonchev–Trinajstić information content (AvgIpc) is 3.89. The predicted octanol–water partition coefficient (Wildman–Crippen LogP) is 14.7. The fourth-order valence-electron chi connectivity index (χ4n) is 8.96. The number of hydrogen-bond acceptors (Lipinski definition) is 1. The molecule has 256 valence electrons. The number of nitrogens with zero attached hydrogens (tertiary/aromatic N) is 2. The average molecular weight is 717 g/mol. The van der Waals surface area contributed by atoms with Crippen molar-refractivity contribution >= 4 is 85.9 Å². The Kier molecular flexibility index (Phi) is 6.54. The van der Waals surface area contributed by atoms with E-state index in [1.54, 1.807) is 0 Å². The number of hydrogen-bond donors (Lipinski definition) is 0. The van der Waals surface area contributed by atoms with E-state index >= 15 is 0 Å². The molecule has 3 heterocycles. The van der Waals surface area contributed by atoms with Crippen LogP contribution in [0.15, 0.2) is 194 Å². The summed E-state index contributed by atoms with van der Waals surface area (Å²) in [6.07, 6.45) is 0. The number of para-hydroxylation sites is 2. The lowest BCUT2D eigenvalue weighted by Crippen LogP contribution is -1.97. The van der Waals surface area contributed by atoms with Gasteiger partial charge < -0.3 is 9.13 Å². The first kappa shape index (κ1) is 30.5. The Balaban J connectivity index is 1.07. The molecule has 0 saturated carbocycles. The molecule has 2 nitrogen and oxygen atoms in total. The highest BCUT2D eigenvalue weighted by Crippen LogP contribution is 2.42. The van der Waals surface area contributed by atoms with Crippen LogP contribution in [-0.4, -0.2) is 9.13 Å². The fourth-order valence-corrected chi connectivity index (χ4v) is 10.0. The summed E-state index contributed by atoms with van der Waals surface area (Å²) in [6, 6.07) is 71.5. The van der Waals surface area contributed by atoms with Crippen molar-refractivity contribution in [2.24, 2.45) is 0 Å². The molecule has 0 unspecified atom stereocenters. The highest BCUT2D eigenvalue weighted by molar-refractivity contribution is 7.25. The minimum atomic E-state index is 1.18. The predicted molar refractivity (Wildman–Crippen MR) is 236 cm³/mol. The highest BCUT2D eigenvalue weighted by Gasteiger charge is 2.19. The summed E-state index contributed by atoms with van der Waals surface area (Å²) < 4.78 is 7.55. The molecule has 3 aromatic heterocycles. The molecular weight excluding hydrogens is 685 g/mol. The number of fused-ring (bicyclic) bond motifs is 10. The molecule has 0 atom stereocenters. The van der Waals surface area contributed by atoms with Crippen molar-refractivity contribution in [2.45, 2.75) is 0 Å². The van der Waals surface area contributed by atoms with E-state index in [-0.39, 0.29) is 0 Å². The van der Waals surface area contributed by atoms with Crippen LogP contribution in [0, 0.1) is 0 Å². The summed E-state index contributed by atoms with van der Waals surface area (Å²) in [5, 5.41) is 10.2. The van der Waals surface area contributed by atoms with Crippen molar-refractivity contribution in [3.05, 3.63) is 194 Å². The maximum Gasteiger partial charge on any atom is 0.0547 e. The van der Waals surface area contributed by atoms with Gasteiger partial charge in [0, 0.05) is 53.0 Å². The molecule has 0 N–H and O–H groups in total. The summed E-state index contributed by atoms with van der Waals surface area (Å²) in [7, 11) is 0. The molecule has 0 aliphatic heterocycles. The lowest BCUT2D eigenvalue weighted by molar-refractivity contribution is 1.18. The number of aromatic nitrogens is 2. The van der Waals surface area contributed by atoms with E-state index in [9.17, 15) is 0 Å². The molecule has 0 aliphatic rings. The van der Waals surface area contributed by atoms with Gasteiger partial charge in [-0.25, -0.2) is 0 Å². The monoisotopic (exact) mass is 716 g/mol. The minimum Gasteiger partial charge on any atom is -0.309 e. The second kappa shape index (κ2) is 11.8. The van der Waals surface area contributed by atoms with E-state index in [1.165, 1.54) is 108 Å². The molecule has 0 saturated heterocycles. The zero-order chi connectivity index (χ0) is 36.0. The topological polar surface area (TPSA) is 9.86 Å².